The van der Waals surface area contributed by atoms with Gasteiger partial charge in [0.25, 0.3) is 0 Å². The van der Waals surface area contributed by atoms with Gasteiger partial charge in [0.1, 0.15) is 0 Å². The van der Waals surface area contributed by atoms with Crippen molar-refractivity contribution >= 4 is 23.6 Å². The Bertz CT molecular complexity index is 402. The summed E-state index contributed by atoms with van der Waals surface area (Å²) in [6.07, 6.45) is 1.49. The van der Waals surface area contributed by atoms with Gasteiger partial charge >= 0.3 is 5.97 Å². The molecule has 0 aromatic carbocycles. The molecule has 86 valence electrons. The summed E-state index contributed by atoms with van der Waals surface area (Å²) < 4.78 is 0. The number of rotatable bonds is 3. The van der Waals surface area contributed by atoms with Crippen LogP contribution in [-0.2, 0) is 4.79 Å². The van der Waals surface area contributed by atoms with Crippen molar-refractivity contribution in [3.8, 4) is 0 Å². The molecule has 2 heterocycles. The lowest BCUT2D eigenvalue weighted by atomic mass is 9.89. The van der Waals surface area contributed by atoms with Gasteiger partial charge in [0.15, 0.2) is 6.29 Å². The molecule has 2 N–H and O–H groups in total. The maximum Gasteiger partial charge on any atom is 0.307 e. The van der Waals surface area contributed by atoms with E-state index < -0.39 is 5.97 Å². The minimum absolute atomic E-state index is 0.216. The third-order valence-corrected chi connectivity index (χ3v) is 4.04. The van der Waals surface area contributed by atoms with Crippen molar-refractivity contribution in [2.24, 2.45) is 5.92 Å². The highest BCUT2D eigenvalue weighted by molar-refractivity contribution is 7.13. The molecule has 0 amide bonds. The van der Waals surface area contributed by atoms with Gasteiger partial charge in [-0.15, -0.1) is 11.3 Å². The monoisotopic (exact) mass is 239 g/mol. The second-order valence-electron chi connectivity index (χ2n) is 3.98. The van der Waals surface area contributed by atoms with E-state index in [0.717, 1.165) is 17.7 Å². The molecule has 0 aliphatic carbocycles. The van der Waals surface area contributed by atoms with Gasteiger partial charge in [0.2, 0.25) is 0 Å². The molecule has 2 atom stereocenters. The van der Waals surface area contributed by atoms with Crippen LogP contribution < -0.4 is 5.32 Å². The first-order valence-corrected chi connectivity index (χ1v) is 6.00. The zero-order chi connectivity index (χ0) is 11.5. The summed E-state index contributed by atoms with van der Waals surface area (Å²) in [6.45, 7) is 1.33. The van der Waals surface area contributed by atoms with Crippen molar-refractivity contribution in [1.29, 1.82) is 0 Å². The van der Waals surface area contributed by atoms with Gasteiger partial charge in [0.05, 0.1) is 10.8 Å². The third kappa shape index (κ3) is 2.31. The normalized spacial score (nSPS) is 25.2. The largest absolute Gasteiger partial charge is 0.481 e. The Morgan fingerprint density at radius 1 is 1.50 bits per heavy atom. The van der Waals surface area contributed by atoms with E-state index in [2.05, 4.69) is 5.32 Å². The molecular weight excluding hydrogens is 226 g/mol. The van der Waals surface area contributed by atoms with Crippen molar-refractivity contribution in [2.75, 3.05) is 13.1 Å². The van der Waals surface area contributed by atoms with Gasteiger partial charge in [-0.1, -0.05) is 0 Å². The fourth-order valence-electron chi connectivity index (χ4n) is 2.00. The standard InChI is InChI=1S/C11H13NO3S/c13-6-9-1-2-10(16-9)7-3-8(11(14)15)5-12-4-7/h1-2,6-8,12H,3-5H2,(H,14,15). The Kier molecular flexibility index (Phi) is 3.36. The topological polar surface area (TPSA) is 66.4 Å². The molecule has 1 aromatic rings. The van der Waals surface area contributed by atoms with E-state index in [9.17, 15) is 9.59 Å². The average Bonchev–Trinajstić information content (AvgIpc) is 2.77. The van der Waals surface area contributed by atoms with E-state index >= 15 is 0 Å². The number of hydrogen-bond acceptors (Lipinski definition) is 4. The van der Waals surface area contributed by atoms with E-state index in [-0.39, 0.29) is 11.8 Å². The molecule has 1 aliphatic rings. The van der Waals surface area contributed by atoms with Crippen LogP contribution in [0, 0.1) is 5.92 Å². The highest BCUT2D eigenvalue weighted by Crippen LogP contribution is 2.31. The highest BCUT2D eigenvalue weighted by atomic mass is 32.1. The molecule has 0 spiro atoms. The van der Waals surface area contributed by atoms with Crippen LogP contribution in [0.4, 0.5) is 0 Å². The lowest BCUT2D eigenvalue weighted by molar-refractivity contribution is -0.142. The lowest BCUT2D eigenvalue weighted by Gasteiger charge is -2.26. The zero-order valence-corrected chi connectivity index (χ0v) is 9.50. The number of carboxylic acids is 1. The van der Waals surface area contributed by atoms with Crippen molar-refractivity contribution in [3.05, 3.63) is 21.9 Å². The van der Waals surface area contributed by atoms with Gasteiger partial charge < -0.3 is 10.4 Å². The Morgan fingerprint density at radius 2 is 2.31 bits per heavy atom. The second kappa shape index (κ2) is 4.76. The number of carbonyl (C=O) groups excluding carboxylic acids is 1. The van der Waals surface area contributed by atoms with E-state index in [1.807, 2.05) is 6.07 Å². The van der Waals surface area contributed by atoms with Crippen molar-refractivity contribution in [3.63, 3.8) is 0 Å². The van der Waals surface area contributed by atoms with Gasteiger partial charge in [-0.2, -0.15) is 0 Å². The molecule has 0 radical (unpaired) electrons. The number of piperidine rings is 1. The molecule has 4 nitrogen and oxygen atoms in total. The first kappa shape index (κ1) is 11.3. The van der Waals surface area contributed by atoms with Crippen LogP contribution in [0.25, 0.3) is 0 Å². The first-order valence-electron chi connectivity index (χ1n) is 5.19. The van der Waals surface area contributed by atoms with Crippen LogP contribution in [0.1, 0.15) is 26.9 Å². The van der Waals surface area contributed by atoms with Crippen molar-refractivity contribution in [2.45, 2.75) is 12.3 Å². The summed E-state index contributed by atoms with van der Waals surface area (Å²) in [5.41, 5.74) is 0. The molecule has 1 fully saturated rings. The van der Waals surface area contributed by atoms with E-state index in [1.165, 1.54) is 11.3 Å². The highest BCUT2D eigenvalue weighted by Gasteiger charge is 2.28. The number of carboxylic acid groups (broad SMARTS) is 1. The van der Waals surface area contributed by atoms with Crippen LogP contribution in [0.15, 0.2) is 12.1 Å². The van der Waals surface area contributed by atoms with E-state index in [0.29, 0.717) is 17.8 Å². The number of thiophene rings is 1. The molecule has 0 saturated carbocycles. The number of aldehydes is 1. The fourth-order valence-corrected chi connectivity index (χ4v) is 2.94. The van der Waals surface area contributed by atoms with E-state index in [4.69, 9.17) is 5.11 Å². The first-order chi connectivity index (χ1) is 7.70. The molecule has 2 unspecified atom stereocenters. The average molecular weight is 239 g/mol. The van der Waals surface area contributed by atoms with Crippen LogP contribution in [-0.4, -0.2) is 30.5 Å². The zero-order valence-electron chi connectivity index (χ0n) is 8.68. The SMILES string of the molecule is O=Cc1ccc(C2CNCC(C(=O)O)C2)s1. The molecule has 1 aromatic heterocycles. The van der Waals surface area contributed by atoms with Crippen molar-refractivity contribution in [1.82, 2.24) is 5.32 Å². The quantitative estimate of drug-likeness (QED) is 0.781. The number of aliphatic carboxylic acids is 1. The van der Waals surface area contributed by atoms with Gasteiger partial charge in [0, 0.05) is 23.9 Å². The summed E-state index contributed by atoms with van der Waals surface area (Å²) in [5.74, 6) is -0.849. The lowest BCUT2D eigenvalue weighted by Crippen LogP contribution is -2.38. The number of carbonyl (C=O) groups is 2. The molecule has 16 heavy (non-hydrogen) atoms. The van der Waals surface area contributed by atoms with Crippen LogP contribution >= 0.6 is 11.3 Å². The molecule has 5 heteroatoms. The Hall–Kier alpha value is -1.20. The molecule has 1 aliphatic heterocycles. The predicted molar refractivity (Wildman–Crippen MR) is 61.1 cm³/mol. The van der Waals surface area contributed by atoms with E-state index in [1.54, 1.807) is 6.07 Å². The summed E-state index contributed by atoms with van der Waals surface area (Å²) in [7, 11) is 0. The Morgan fingerprint density at radius 3 is 2.94 bits per heavy atom. The number of nitrogens with one attached hydrogen (secondary N) is 1. The molecular formula is C11H13NO3S. The summed E-state index contributed by atoms with van der Waals surface area (Å²) in [5, 5.41) is 12.1. The molecule has 1 saturated heterocycles. The van der Waals surface area contributed by atoms with Crippen molar-refractivity contribution < 1.29 is 14.7 Å². The minimum Gasteiger partial charge on any atom is -0.481 e. The smallest absolute Gasteiger partial charge is 0.307 e. The maximum absolute atomic E-state index is 10.9. The van der Waals surface area contributed by atoms with Gasteiger partial charge in [-0.25, -0.2) is 0 Å². The number of hydrogen-bond donors (Lipinski definition) is 2. The molecule has 2 rings (SSSR count). The third-order valence-electron chi connectivity index (χ3n) is 2.87. The summed E-state index contributed by atoms with van der Waals surface area (Å²) in [4.78, 5) is 23.3. The van der Waals surface area contributed by atoms with Gasteiger partial charge in [-0.3, -0.25) is 9.59 Å². The Labute approximate surface area is 97.3 Å². The minimum atomic E-state index is -0.746. The van der Waals surface area contributed by atoms with Crippen LogP contribution in [0.3, 0.4) is 0 Å². The maximum atomic E-state index is 10.9. The fraction of sp³-hybridized carbons (Fsp3) is 0.455. The molecule has 0 bridgehead atoms. The predicted octanol–water partition coefficient (Wildman–Crippen LogP) is 1.34. The second-order valence-corrected chi connectivity index (χ2v) is 5.13. The summed E-state index contributed by atoms with van der Waals surface area (Å²) >= 11 is 1.45. The van der Waals surface area contributed by atoms with Gasteiger partial charge in [-0.05, 0) is 18.6 Å². The Balaban J connectivity index is 2.09. The van der Waals surface area contributed by atoms with Crippen LogP contribution in [0.2, 0.25) is 0 Å². The summed E-state index contributed by atoms with van der Waals surface area (Å²) in [6, 6.07) is 3.71. The van der Waals surface area contributed by atoms with Crippen LogP contribution in [0.5, 0.6) is 0 Å².